The molecule has 0 bridgehead atoms. The standard InChI is InChI=1S/C27H24F4N2O5/c28-23-14-18(4-7-24(23)37-9-1-8-27(29,30)31)26(36)38-22-5-2-16(3-6-22)10-19(25(34)35)11-17-12-20(32)15-21(33)13-17/h2-7,10,12-15H,1,8-9,11,32-33H2,(H,34,35). The summed E-state index contributed by atoms with van der Waals surface area (Å²) in [4.78, 5) is 24.1. The largest absolute Gasteiger partial charge is 0.491 e. The number of carboxylic acids is 1. The molecule has 0 saturated heterocycles. The number of rotatable bonds is 10. The molecule has 0 aromatic heterocycles. The molecule has 0 unspecified atom stereocenters. The quantitative estimate of drug-likeness (QED) is 0.0771. The Balaban J connectivity index is 1.63. The normalized spacial score (nSPS) is 11.7. The fourth-order valence-corrected chi connectivity index (χ4v) is 3.45. The van der Waals surface area contributed by atoms with Gasteiger partial charge in [-0.2, -0.15) is 13.2 Å². The lowest BCUT2D eigenvalue weighted by Crippen LogP contribution is -2.11. The monoisotopic (exact) mass is 532 g/mol. The van der Waals surface area contributed by atoms with Crippen LogP contribution in [0.15, 0.2) is 66.2 Å². The molecule has 11 heteroatoms. The molecule has 0 radical (unpaired) electrons. The average molecular weight is 532 g/mol. The van der Waals surface area contributed by atoms with Crippen LogP contribution >= 0.6 is 0 Å². The molecule has 38 heavy (non-hydrogen) atoms. The number of nitrogens with two attached hydrogens (primary N) is 2. The third-order valence-electron chi connectivity index (χ3n) is 5.17. The molecule has 0 atom stereocenters. The predicted molar refractivity (Wildman–Crippen MR) is 133 cm³/mol. The van der Waals surface area contributed by atoms with Gasteiger partial charge < -0.3 is 26.0 Å². The Bertz CT molecular complexity index is 1320. The minimum Gasteiger partial charge on any atom is -0.491 e. The molecule has 0 heterocycles. The van der Waals surface area contributed by atoms with Crippen molar-refractivity contribution in [2.24, 2.45) is 0 Å². The highest BCUT2D eigenvalue weighted by Gasteiger charge is 2.26. The number of carboxylic acid groups (broad SMARTS) is 1. The van der Waals surface area contributed by atoms with Gasteiger partial charge >= 0.3 is 18.1 Å². The maximum Gasteiger partial charge on any atom is 0.389 e. The van der Waals surface area contributed by atoms with Gasteiger partial charge in [-0.1, -0.05) is 12.1 Å². The number of alkyl halides is 3. The molecule has 3 rings (SSSR count). The van der Waals surface area contributed by atoms with E-state index >= 15 is 0 Å². The zero-order chi connectivity index (χ0) is 27.9. The molecule has 0 amide bonds. The number of esters is 1. The van der Waals surface area contributed by atoms with Crippen LogP contribution in [0.4, 0.5) is 28.9 Å². The number of carbonyl (C=O) groups excluding carboxylic acids is 1. The van der Waals surface area contributed by atoms with Crippen LogP contribution in [0.3, 0.4) is 0 Å². The van der Waals surface area contributed by atoms with Gasteiger partial charge in [0.05, 0.1) is 12.2 Å². The first-order valence-corrected chi connectivity index (χ1v) is 11.3. The van der Waals surface area contributed by atoms with Gasteiger partial charge in [0, 0.05) is 29.8 Å². The smallest absolute Gasteiger partial charge is 0.389 e. The lowest BCUT2D eigenvalue weighted by atomic mass is 10.0. The molecular formula is C27H24F4N2O5. The Hall–Kier alpha value is -4.54. The molecule has 3 aromatic carbocycles. The summed E-state index contributed by atoms with van der Waals surface area (Å²) in [5.41, 5.74) is 13.5. The van der Waals surface area contributed by atoms with E-state index in [9.17, 15) is 32.3 Å². The van der Waals surface area contributed by atoms with E-state index in [1.54, 1.807) is 18.2 Å². The minimum absolute atomic E-state index is 0.0783. The Morgan fingerprint density at radius 1 is 0.947 bits per heavy atom. The fourth-order valence-electron chi connectivity index (χ4n) is 3.45. The lowest BCUT2D eigenvalue weighted by Gasteiger charge is -2.10. The molecule has 0 aliphatic carbocycles. The zero-order valence-corrected chi connectivity index (χ0v) is 19.9. The number of anilines is 2. The van der Waals surface area contributed by atoms with E-state index in [0.717, 1.165) is 12.1 Å². The van der Waals surface area contributed by atoms with Crippen molar-refractivity contribution < 1.29 is 41.7 Å². The number of halogens is 4. The number of benzene rings is 3. The van der Waals surface area contributed by atoms with Gasteiger partial charge in [0.2, 0.25) is 0 Å². The average Bonchev–Trinajstić information content (AvgIpc) is 2.82. The van der Waals surface area contributed by atoms with Gasteiger partial charge in [-0.05, 0) is 72.2 Å². The maximum atomic E-state index is 14.2. The molecule has 0 saturated carbocycles. The number of ether oxygens (including phenoxy) is 2. The van der Waals surface area contributed by atoms with Crippen LogP contribution in [-0.2, 0) is 11.2 Å². The molecule has 0 fully saturated rings. The Kier molecular flexibility index (Phi) is 8.95. The molecule has 0 aliphatic rings. The van der Waals surface area contributed by atoms with Crippen molar-refractivity contribution in [2.75, 3.05) is 18.1 Å². The summed E-state index contributed by atoms with van der Waals surface area (Å²) >= 11 is 0. The summed E-state index contributed by atoms with van der Waals surface area (Å²) in [6.45, 7) is -0.335. The van der Waals surface area contributed by atoms with E-state index < -0.39 is 30.4 Å². The first-order chi connectivity index (χ1) is 17.9. The summed E-state index contributed by atoms with van der Waals surface area (Å²) in [7, 11) is 0. The molecule has 3 aromatic rings. The summed E-state index contributed by atoms with van der Waals surface area (Å²) in [6.07, 6.45) is -4.18. The van der Waals surface area contributed by atoms with E-state index in [4.69, 9.17) is 20.9 Å². The number of hydrogen-bond acceptors (Lipinski definition) is 6. The van der Waals surface area contributed by atoms with Crippen LogP contribution in [-0.4, -0.2) is 29.8 Å². The van der Waals surface area contributed by atoms with Crippen molar-refractivity contribution in [3.05, 3.63) is 88.7 Å². The van der Waals surface area contributed by atoms with Gasteiger partial charge in [0.15, 0.2) is 11.6 Å². The van der Waals surface area contributed by atoms with E-state index in [1.807, 2.05) is 0 Å². The molecular weight excluding hydrogens is 508 g/mol. The van der Waals surface area contributed by atoms with E-state index in [1.165, 1.54) is 36.4 Å². The molecule has 200 valence electrons. The predicted octanol–water partition coefficient (Wildman–Crippen LogP) is 5.64. The van der Waals surface area contributed by atoms with Crippen molar-refractivity contribution in [1.82, 2.24) is 0 Å². The zero-order valence-electron chi connectivity index (χ0n) is 19.9. The second-order valence-corrected chi connectivity index (χ2v) is 8.33. The van der Waals surface area contributed by atoms with E-state index in [2.05, 4.69) is 0 Å². The fraction of sp³-hybridized carbons (Fsp3) is 0.185. The number of hydrogen-bond donors (Lipinski definition) is 3. The maximum absolute atomic E-state index is 14.2. The van der Waals surface area contributed by atoms with Crippen LogP contribution in [0.2, 0.25) is 0 Å². The van der Waals surface area contributed by atoms with Crippen LogP contribution < -0.4 is 20.9 Å². The van der Waals surface area contributed by atoms with Crippen LogP contribution in [0.1, 0.15) is 34.3 Å². The molecule has 7 nitrogen and oxygen atoms in total. The summed E-state index contributed by atoms with van der Waals surface area (Å²) < 4.78 is 61.0. The Morgan fingerprint density at radius 3 is 2.18 bits per heavy atom. The first-order valence-electron chi connectivity index (χ1n) is 11.3. The number of nitrogen functional groups attached to an aromatic ring is 2. The van der Waals surface area contributed by atoms with Crippen molar-refractivity contribution >= 4 is 29.4 Å². The van der Waals surface area contributed by atoms with Gasteiger partial charge in [-0.25, -0.2) is 14.0 Å². The minimum atomic E-state index is -4.32. The number of carbonyl (C=O) groups is 2. The Labute approximate surface area is 215 Å². The van der Waals surface area contributed by atoms with Crippen molar-refractivity contribution in [1.29, 1.82) is 0 Å². The second kappa shape index (κ2) is 12.1. The van der Waals surface area contributed by atoms with E-state index in [-0.39, 0.29) is 42.1 Å². The summed E-state index contributed by atoms with van der Waals surface area (Å²) in [5.74, 6) is -3.08. The number of aliphatic carboxylic acids is 1. The highest BCUT2D eigenvalue weighted by molar-refractivity contribution is 5.93. The van der Waals surface area contributed by atoms with Gasteiger partial charge in [0.25, 0.3) is 0 Å². The second-order valence-electron chi connectivity index (χ2n) is 8.33. The first kappa shape index (κ1) is 28.0. The molecule has 0 aliphatic heterocycles. The van der Waals surface area contributed by atoms with Crippen molar-refractivity contribution in [3.8, 4) is 11.5 Å². The van der Waals surface area contributed by atoms with Gasteiger partial charge in [0.1, 0.15) is 5.75 Å². The van der Waals surface area contributed by atoms with Crippen LogP contribution in [0.5, 0.6) is 11.5 Å². The van der Waals surface area contributed by atoms with Gasteiger partial charge in [-0.15, -0.1) is 0 Å². The summed E-state index contributed by atoms with van der Waals surface area (Å²) in [5, 5.41) is 9.58. The van der Waals surface area contributed by atoms with Gasteiger partial charge in [-0.3, -0.25) is 0 Å². The van der Waals surface area contributed by atoms with Crippen molar-refractivity contribution in [2.45, 2.75) is 25.4 Å². The topological polar surface area (TPSA) is 125 Å². The van der Waals surface area contributed by atoms with E-state index in [0.29, 0.717) is 22.5 Å². The molecule has 0 spiro atoms. The highest BCUT2D eigenvalue weighted by atomic mass is 19.4. The van der Waals surface area contributed by atoms with Crippen LogP contribution in [0, 0.1) is 5.82 Å². The lowest BCUT2D eigenvalue weighted by molar-refractivity contribution is -0.136. The Morgan fingerprint density at radius 2 is 1.61 bits per heavy atom. The SMILES string of the molecule is Nc1cc(N)cc(CC(=Cc2ccc(OC(=O)c3ccc(OCCCC(F)(F)F)c(F)c3)cc2)C(=O)O)c1. The summed E-state index contributed by atoms with van der Waals surface area (Å²) in [6, 6.07) is 14.0. The highest BCUT2D eigenvalue weighted by Crippen LogP contribution is 2.24. The third kappa shape index (κ3) is 8.54. The van der Waals surface area contributed by atoms with Crippen molar-refractivity contribution in [3.63, 3.8) is 0 Å². The third-order valence-corrected chi connectivity index (χ3v) is 5.17. The van der Waals surface area contributed by atoms with Crippen LogP contribution in [0.25, 0.3) is 6.08 Å². The molecule has 5 N–H and O–H groups in total.